The number of fused-ring (bicyclic) bond motifs is 9. The quantitative estimate of drug-likeness (QED) is 0.213. The predicted octanol–water partition coefficient (Wildman–Crippen LogP) is 10.8. The van der Waals surface area contributed by atoms with Gasteiger partial charge < -0.3 is 0 Å². The second kappa shape index (κ2) is 8.03. The van der Waals surface area contributed by atoms with Gasteiger partial charge in [0.15, 0.2) is 0 Å². The van der Waals surface area contributed by atoms with Crippen LogP contribution in [0.2, 0.25) is 0 Å². The first-order chi connectivity index (χ1) is 18.4. The lowest BCUT2D eigenvalue weighted by Crippen LogP contribution is -1.87. The largest absolute Gasteiger partial charge is 0.135 e. The van der Waals surface area contributed by atoms with Crippen LogP contribution in [-0.2, 0) is 0 Å². The minimum atomic E-state index is 1.25. The summed E-state index contributed by atoms with van der Waals surface area (Å²) in [5.74, 6) is 0. The minimum Gasteiger partial charge on any atom is -0.135 e. The summed E-state index contributed by atoms with van der Waals surface area (Å²) in [4.78, 5) is 0. The third kappa shape index (κ3) is 3.08. The molecule has 172 valence electrons. The van der Waals surface area contributed by atoms with E-state index in [1.165, 1.54) is 74.7 Å². The van der Waals surface area contributed by atoms with Crippen molar-refractivity contribution in [2.75, 3.05) is 0 Å². The maximum absolute atomic E-state index is 2.29. The molecule has 0 aliphatic carbocycles. The van der Waals surface area contributed by atoms with Crippen LogP contribution in [0.5, 0.6) is 0 Å². The monoisotopic (exact) mass is 486 g/mol. The Morgan fingerprint density at radius 3 is 1.46 bits per heavy atom. The van der Waals surface area contributed by atoms with E-state index in [0.29, 0.717) is 0 Å². The molecular weight excluding hydrogens is 464 g/mol. The molecule has 0 N–H and O–H groups in total. The Labute approximate surface area is 219 Å². The first-order valence-corrected chi connectivity index (χ1v) is 13.5. The van der Waals surface area contributed by atoms with Gasteiger partial charge in [-0.05, 0) is 60.6 Å². The van der Waals surface area contributed by atoms with Gasteiger partial charge in [0.2, 0.25) is 0 Å². The van der Waals surface area contributed by atoms with Crippen LogP contribution in [0.1, 0.15) is 0 Å². The van der Waals surface area contributed by atoms with Crippen molar-refractivity contribution in [3.63, 3.8) is 0 Å². The number of rotatable bonds is 2. The van der Waals surface area contributed by atoms with Crippen molar-refractivity contribution in [3.8, 4) is 22.3 Å². The summed E-state index contributed by atoms with van der Waals surface area (Å²) in [5, 5.41) is 10.6. The van der Waals surface area contributed by atoms with E-state index in [0.717, 1.165) is 0 Å². The first kappa shape index (κ1) is 20.7. The smallest absolute Gasteiger partial charge is 0.0433 e. The molecule has 8 rings (SSSR count). The first-order valence-electron chi connectivity index (χ1n) is 12.7. The summed E-state index contributed by atoms with van der Waals surface area (Å²) >= 11 is 1.89. The maximum atomic E-state index is 2.29. The number of hydrogen-bond donors (Lipinski definition) is 0. The molecule has 0 aliphatic heterocycles. The normalized spacial score (nSPS) is 11.8. The van der Waals surface area contributed by atoms with E-state index >= 15 is 0 Å². The lowest BCUT2D eigenvalue weighted by molar-refractivity contribution is 1.64. The third-order valence-electron chi connectivity index (χ3n) is 7.68. The van der Waals surface area contributed by atoms with Crippen molar-refractivity contribution in [1.82, 2.24) is 0 Å². The molecule has 0 saturated carbocycles. The van der Waals surface area contributed by atoms with Crippen molar-refractivity contribution in [2.24, 2.45) is 0 Å². The topological polar surface area (TPSA) is 0 Å². The van der Waals surface area contributed by atoms with Gasteiger partial charge in [0.1, 0.15) is 0 Å². The molecule has 7 aromatic carbocycles. The molecule has 1 heteroatoms. The molecule has 0 atom stereocenters. The van der Waals surface area contributed by atoms with E-state index < -0.39 is 0 Å². The Morgan fingerprint density at radius 2 is 0.784 bits per heavy atom. The van der Waals surface area contributed by atoms with Crippen LogP contribution in [0.3, 0.4) is 0 Å². The summed E-state index contributed by atoms with van der Waals surface area (Å²) in [5.41, 5.74) is 5.10. The zero-order chi connectivity index (χ0) is 24.3. The van der Waals surface area contributed by atoms with Crippen molar-refractivity contribution in [3.05, 3.63) is 133 Å². The van der Waals surface area contributed by atoms with E-state index in [4.69, 9.17) is 0 Å². The Balaban J connectivity index is 1.34. The standard InChI is InChI=1S/C36H22S/c1-2-10-29-27(9-1)28-11-3-4-13-31(28)35-25(14-7-16-32(29)35)23-19-21-24(22-20-23)26-15-8-17-33-30-12-5-6-18-34(30)37-36(26)33/h1-22H. The van der Waals surface area contributed by atoms with Crippen molar-refractivity contribution < 1.29 is 0 Å². The van der Waals surface area contributed by atoms with E-state index in [1.807, 2.05) is 11.3 Å². The van der Waals surface area contributed by atoms with Crippen LogP contribution in [0.25, 0.3) is 74.7 Å². The fourth-order valence-electron chi connectivity index (χ4n) is 6.00. The molecule has 0 radical (unpaired) electrons. The van der Waals surface area contributed by atoms with Crippen molar-refractivity contribution >= 4 is 63.8 Å². The summed E-state index contributed by atoms with van der Waals surface area (Å²) in [6.45, 7) is 0. The van der Waals surface area contributed by atoms with Crippen LogP contribution in [0.15, 0.2) is 133 Å². The Kier molecular flexibility index (Phi) is 4.49. The number of thiophene rings is 1. The molecule has 37 heavy (non-hydrogen) atoms. The summed E-state index contributed by atoms with van der Waals surface area (Å²) in [7, 11) is 0. The fourth-order valence-corrected chi connectivity index (χ4v) is 7.24. The molecule has 0 unspecified atom stereocenters. The zero-order valence-corrected chi connectivity index (χ0v) is 20.9. The molecule has 0 bridgehead atoms. The minimum absolute atomic E-state index is 1.25. The van der Waals surface area contributed by atoms with Gasteiger partial charge in [-0.1, -0.05) is 127 Å². The third-order valence-corrected chi connectivity index (χ3v) is 8.90. The van der Waals surface area contributed by atoms with Gasteiger partial charge >= 0.3 is 0 Å². The van der Waals surface area contributed by atoms with E-state index in [9.17, 15) is 0 Å². The van der Waals surface area contributed by atoms with Gasteiger partial charge in [-0.2, -0.15) is 0 Å². The maximum Gasteiger partial charge on any atom is 0.0433 e. The molecular formula is C36H22S. The van der Waals surface area contributed by atoms with Gasteiger partial charge in [-0.3, -0.25) is 0 Å². The average Bonchev–Trinajstić information content (AvgIpc) is 3.36. The summed E-state index contributed by atoms with van der Waals surface area (Å²) < 4.78 is 2.70. The van der Waals surface area contributed by atoms with Crippen molar-refractivity contribution in [1.29, 1.82) is 0 Å². The lowest BCUT2D eigenvalue weighted by atomic mass is 9.89. The fraction of sp³-hybridized carbons (Fsp3) is 0. The van der Waals surface area contributed by atoms with E-state index in [2.05, 4.69) is 133 Å². The highest BCUT2D eigenvalue weighted by Gasteiger charge is 2.14. The van der Waals surface area contributed by atoms with E-state index in [1.54, 1.807) is 0 Å². The van der Waals surface area contributed by atoms with Crippen molar-refractivity contribution in [2.45, 2.75) is 0 Å². The van der Waals surface area contributed by atoms with Gasteiger partial charge in [-0.15, -0.1) is 11.3 Å². The van der Waals surface area contributed by atoms with Gasteiger partial charge in [0.05, 0.1) is 0 Å². The van der Waals surface area contributed by atoms with Gasteiger partial charge in [-0.25, -0.2) is 0 Å². The Bertz CT molecular complexity index is 2080. The molecule has 0 amide bonds. The zero-order valence-electron chi connectivity index (χ0n) is 20.1. The highest BCUT2D eigenvalue weighted by atomic mass is 32.1. The Morgan fingerprint density at radius 1 is 0.324 bits per heavy atom. The van der Waals surface area contributed by atoms with Crippen LogP contribution in [-0.4, -0.2) is 0 Å². The average molecular weight is 487 g/mol. The molecule has 1 aromatic heterocycles. The molecule has 0 fully saturated rings. The van der Waals surface area contributed by atoms with Crippen LogP contribution >= 0.6 is 11.3 Å². The lowest BCUT2D eigenvalue weighted by Gasteiger charge is -2.14. The molecule has 0 spiro atoms. The Hall–Kier alpha value is -4.46. The SMILES string of the molecule is c1ccc2c(c1)sc1c(-c3ccc(-c4cccc5c6ccccc6c6ccccc6c45)cc3)cccc12. The number of benzene rings is 7. The van der Waals surface area contributed by atoms with Gasteiger partial charge in [0, 0.05) is 20.2 Å². The molecule has 8 aromatic rings. The molecule has 1 heterocycles. The highest BCUT2D eigenvalue weighted by molar-refractivity contribution is 7.26. The van der Waals surface area contributed by atoms with Crippen LogP contribution in [0, 0.1) is 0 Å². The van der Waals surface area contributed by atoms with Crippen LogP contribution in [0.4, 0.5) is 0 Å². The second-order valence-electron chi connectivity index (χ2n) is 9.68. The highest BCUT2D eigenvalue weighted by Crippen LogP contribution is 2.42. The summed E-state index contributed by atoms with van der Waals surface area (Å²) in [6, 6.07) is 48.9. The summed E-state index contributed by atoms with van der Waals surface area (Å²) in [6.07, 6.45) is 0. The van der Waals surface area contributed by atoms with E-state index in [-0.39, 0.29) is 0 Å². The van der Waals surface area contributed by atoms with Gasteiger partial charge in [0.25, 0.3) is 0 Å². The predicted molar refractivity (Wildman–Crippen MR) is 163 cm³/mol. The van der Waals surface area contributed by atoms with Crippen LogP contribution < -0.4 is 0 Å². The second-order valence-corrected chi connectivity index (χ2v) is 10.7. The number of hydrogen-bond acceptors (Lipinski definition) is 1. The molecule has 0 saturated heterocycles. The molecule has 0 aliphatic rings. The molecule has 0 nitrogen and oxygen atoms in total.